The summed E-state index contributed by atoms with van der Waals surface area (Å²) in [5, 5.41) is 5.89. The monoisotopic (exact) mass is 257 g/mol. The van der Waals surface area contributed by atoms with Gasteiger partial charge >= 0.3 is 0 Å². The number of methoxy groups -OCH3 is 1. The van der Waals surface area contributed by atoms with Gasteiger partial charge in [0.2, 0.25) is 11.8 Å². The molecule has 2 amide bonds. The summed E-state index contributed by atoms with van der Waals surface area (Å²) in [6.07, 6.45) is 0. The molecule has 0 aromatic carbocycles. The minimum atomic E-state index is -0.151. The predicted octanol–water partition coefficient (Wildman–Crippen LogP) is -0.937. The molecule has 1 aliphatic heterocycles. The van der Waals surface area contributed by atoms with E-state index in [1.807, 2.05) is 0 Å². The molecule has 18 heavy (non-hydrogen) atoms. The molecule has 0 bridgehead atoms. The molecule has 0 aliphatic carbocycles. The Morgan fingerprint density at radius 2 is 2.17 bits per heavy atom. The highest BCUT2D eigenvalue weighted by Crippen LogP contribution is 2.17. The lowest BCUT2D eigenvalue weighted by atomic mass is 9.97. The molecule has 2 N–H and O–H groups in total. The van der Waals surface area contributed by atoms with Crippen molar-refractivity contribution in [1.29, 1.82) is 0 Å². The first-order valence-electron chi connectivity index (χ1n) is 6.27. The molecule has 0 aromatic heterocycles. The third-order valence-electron chi connectivity index (χ3n) is 3.22. The van der Waals surface area contributed by atoms with Crippen molar-refractivity contribution in [2.75, 3.05) is 46.9 Å². The number of carbonyl (C=O) groups excluding carboxylic acids is 2. The molecule has 0 spiro atoms. The molecule has 0 aromatic rings. The number of hydrogen-bond donors (Lipinski definition) is 2. The maximum atomic E-state index is 12.1. The van der Waals surface area contributed by atoms with Gasteiger partial charge in [-0.25, -0.2) is 0 Å². The van der Waals surface area contributed by atoms with Crippen molar-refractivity contribution in [3.05, 3.63) is 0 Å². The van der Waals surface area contributed by atoms with Crippen LogP contribution in [0.2, 0.25) is 0 Å². The molecule has 1 aliphatic rings. The highest BCUT2D eigenvalue weighted by atomic mass is 16.5. The van der Waals surface area contributed by atoms with E-state index in [0.29, 0.717) is 25.6 Å². The van der Waals surface area contributed by atoms with Crippen LogP contribution in [-0.4, -0.2) is 63.7 Å². The van der Waals surface area contributed by atoms with Gasteiger partial charge in [-0.15, -0.1) is 0 Å². The SMILES string of the molecule is COCCNC(=O)CN(C)C(=O)[C@@H]1CNC[C@H]1C. The lowest BCUT2D eigenvalue weighted by molar-refractivity contribution is -0.138. The summed E-state index contributed by atoms with van der Waals surface area (Å²) < 4.78 is 4.84. The normalized spacial score (nSPS) is 22.8. The Morgan fingerprint density at radius 3 is 2.72 bits per heavy atom. The molecule has 0 unspecified atom stereocenters. The first-order valence-corrected chi connectivity index (χ1v) is 6.27. The Kier molecular flexibility index (Phi) is 6.07. The van der Waals surface area contributed by atoms with Crippen molar-refractivity contribution in [2.24, 2.45) is 11.8 Å². The van der Waals surface area contributed by atoms with Crippen molar-refractivity contribution in [3.63, 3.8) is 0 Å². The Labute approximate surface area is 108 Å². The van der Waals surface area contributed by atoms with Gasteiger partial charge in [-0.2, -0.15) is 0 Å². The van der Waals surface area contributed by atoms with Crippen LogP contribution in [0.4, 0.5) is 0 Å². The number of nitrogens with zero attached hydrogens (tertiary/aromatic N) is 1. The van der Waals surface area contributed by atoms with Crippen LogP contribution in [0.3, 0.4) is 0 Å². The van der Waals surface area contributed by atoms with Crippen molar-refractivity contribution < 1.29 is 14.3 Å². The fourth-order valence-electron chi connectivity index (χ4n) is 2.07. The lowest BCUT2D eigenvalue weighted by Crippen LogP contribution is -2.43. The van der Waals surface area contributed by atoms with E-state index in [1.54, 1.807) is 14.2 Å². The van der Waals surface area contributed by atoms with E-state index >= 15 is 0 Å². The predicted molar refractivity (Wildman–Crippen MR) is 68.0 cm³/mol. The number of nitrogens with one attached hydrogen (secondary N) is 2. The average molecular weight is 257 g/mol. The number of hydrogen-bond acceptors (Lipinski definition) is 4. The highest BCUT2D eigenvalue weighted by Gasteiger charge is 2.31. The minimum Gasteiger partial charge on any atom is -0.383 e. The molecule has 1 rings (SSSR count). The average Bonchev–Trinajstić information content (AvgIpc) is 2.74. The second-order valence-corrected chi connectivity index (χ2v) is 4.78. The largest absolute Gasteiger partial charge is 0.383 e. The van der Waals surface area contributed by atoms with Crippen molar-refractivity contribution in [3.8, 4) is 0 Å². The van der Waals surface area contributed by atoms with Gasteiger partial charge in [0.05, 0.1) is 19.1 Å². The van der Waals surface area contributed by atoms with E-state index in [0.717, 1.165) is 6.54 Å². The Bertz CT molecular complexity index is 296. The molecule has 0 saturated carbocycles. The smallest absolute Gasteiger partial charge is 0.239 e. The van der Waals surface area contributed by atoms with Gasteiger partial charge in [-0.3, -0.25) is 9.59 Å². The zero-order valence-corrected chi connectivity index (χ0v) is 11.4. The summed E-state index contributed by atoms with van der Waals surface area (Å²) in [4.78, 5) is 25.2. The van der Waals surface area contributed by atoms with Gasteiger partial charge in [0.15, 0.2) is 0 Å². The molecule has 0 radical (unpaired) electrons. The minimum absolute atomic E-state index is 0.0122. The third-order valence-corrected chi connectivity index (χ3v) is 3.22. The van der Waals surface area contributed by atoms with Gasteiger partial charge in [0.25, 0.3) is 0 Å². The third kappa shape index (κ3) is 4.27. The van der Waals surface area contributed by atoms with E-state index in [4.69, 9.17) is 4.74 Å². The van der Waals surface area contributed by atoms with Gasteiger partial charge in [-0.1, -0.05) is 6.92 Å². The Morgan fingerprint density at radius 1 is 1.44 bits per heavy atom. The topological polar surface area (TPSA) is 70.7 Å². The number of likely N-dealkylation sites (N-methyl/N-ethyl adjacent to an activating group) is 1. The number of amides is 2. The van der Waals surface area contributed by atoms with E-state index in [-0.39, 0.29) is 24.3 Å². The molecule has 1 fully saturated rings. The Hall–Kier alpha value is -1.14. The number of rotatable bonds is 6. The molecule has 1 saturated heterocycles. The van der Waals surface area contributed by atoms with Gasteiger partial charge < -0.3 is 20.3 Å². The first kappa shape index (κ1) is 14.9. The summed E-state index contributed by atoms with van der Waals surface area (Å²) >= 11 is 0. The molecular weight excluding hydrogens is 234 g/mol. The zero-order chi connectivity index (χ0) is 13.5. The molecular formula is C12H23N3O3. The van der Waals surface area contributed by atoms with Crippen molar-refractivity contribution in [1.82, 2.24) is 15.5 Å². The molecule has 6 nitrogen and oxygen atoms in total. The second kappa shape index (κ2) is 7.33. The number of carbonyl (C=O) groups is 2. The van der Waals surface area contributed by atoms with E-state index in [2.05, 4.69) is 17.6 Å². The first-order chi connectivity index (χ1) is 8.56. The van der Waals surface area contributed by atoms with Crippen LogP contribution in [0, 0.1) is 11.8 Å². The van der Waals surface area contributed by atoms with Crippen LogP contribution in [0.1, 0.15) is 6.92 Å². The lowest BCUT2D eigenvalue weighted by Gasteiger charge is -2.22. The maximum absolute atomic E-state index is 12.1. The highest BCUT2D eigenvalue weighted by molar-refractivity contribution is 5.86. The van der Waals surface area contributed by atoms with E-state index < -0.39 is 0 Å². The summed E-state index contributed by atoms with van der Waals surface area (Å²) in [6.45, 7) is 4.67. The van der Waals surface area contributed by atoms with Crippen LogP contribution >= 0.6 is 0 Å². The van der Waals surface area contributed by atoms with Crippen LogP contribution in [0.5, 0.6) is 0 Å². The van der Waals surface area contributed by atoms with Gasteiger partial charge in [0.1, 0.15) is 0 Å². The molecule has 104 valence electrons. The van der Waals surface area contributed by atoms with Gasteiger partial charge in [0, 0.05) is 27.2 Å². The standard InChI is InChI=1S/C12H23N3O3/c1-9-6-13-7-10(9)12(17)15(2)8-11(16)14-4-5-18-3/h9-10,13H,4-8H2,1-3H3,(H,14,16)/t9-,10-/m1/s1. The zero-order valence-electron chi connectivity index (χ0n) is 11.4. The fourth-order valence-corrected chi connectivity index (χ4v) is 2.07. The van der Waals surface area contributed by atoms with E-state index in [9.17, 15) is 9.59 Å². The molecule has 6 heteroatoms. The number of ether oxygens (including phenoxy) is 1. The summed E-state index contributed by atoms with van der Waals surface area (Å²) in [5.74, 6) is 0.203. The van der Waals surface area contributed by atoms with Crippen LogP contribution in [0.15, 0.2) is 0 Å². The van der Waals surface area contributed by atoms with Crippen LogP contribution in [0.25, 0.3) is 0 Å². The second-order valence-electron chi connectivity index (χ2n) is 4.78. The maximum Gasteiger partial charge on any atom is 0.239 e. The summed E-state index contributed by atoms with van der Waals surface area (Å²) in [7, 11) is 3.25. The van der Waals surface area contributed by atoms with Crippen molar-refractivity contribution >= 4 is 11.8 Å². The quantitative estimate of drug-likeness (QED) is 0.603. The summed E-state index contributed by atoms with van der Waals surface area (Å²) in [6, 6.07) is 0. The van der Waals surface area contributed by atoms with Crippen molar-refractivity contribution in [2.45, 2.75) is 6.92 Å². The summed E-state index contributed by atoms with van der Waals surface area (Å²) in [5.41, 5.74) is 0. The molecule has 1 heterocycles. The van der Waals surface area contributed by atoms with Crippen LogP contribution in [-0.2, 0) is 14.3 Å². The fraction of sp³-hybridized carbons (Fsp3) is 0.833. The van der Waals surface area contributed by atoms with E-state index in [1.165, 1.54) is 4.90 Å². The molecule has 2 atom stereocenters. The van der Waals surface area contributed by atoms with Gasteiger partial charge in [-0.05, 0) is 12.5 Å². The Balaban J connectivity index is 2.32. The van der Waals surface area contributed by atoms with Crippen LogP contribution < -0.4 is 10.6 Å².